The van der Waals surface area contributed by atoms with Crippen LogP contribution in [-0.2, 0) is 11.3 Å². The van der Waals surface area contributed by atoms with E-state index in [1.807, 2.05) is 0 Å². The first-order chi connectivity index (χ1) is 8.31. The van der Waals surface area contributed by atoms with Gasteiger partial charge in [-0.05, 0) is 31.2 Å². The van der Waals surface area contributed by atoms with Gasteiger partial charge in [-0.1, -0.05) is 30.3 Å². The molecule has 0 amide bonds. The van der Waals surface area contributed by atoms with Gasteiger partial charge < -0.3 is 4.74 Å². The maximum Gasteiger partial charge on any atom is 0.0734 e. The van der Waals surface area contributed by atoms with Crippen LogP contribution in [0.5, 0.6) is 0 Å². The summed E-state index contributed by atoms with van der Waals surface area (Å²) in [5.41, 5.74) is 1.41. The van der Waals surface area contributed by atoms with Crippen molar-refractivity contribution in [1.82, 2.24) is 4.90 Å². The fraction of sp³-hybridized carbons (Fsp3) is 0.600. The molecule has 2 heteroatoms. The molecule has 2 aliphatic rings. The van der Waals surface area contributed by atoms with E-state index in [1.165, 1.54) is 18.4 Å². The van der Waals surface area contributed by atoms with Gasteiger partial charge in [-0.25, -0.2) is 0 Å². The number of morpholine rings is 1. The lowest BCUT2D eigenvalue weighted by Crippen LogP contribution is -2.46. The van der Waals surface area contributed by atoms with Crippen molar-refractivity contribution >= 4 is 0 Å². The molecule has 1 saturated heterocycles. The van der Waals surface area contributed by atoms with Gasteiger partial charge in [0.1, 0.15) is 0 Å². The van der Waals surface area contributed by atoms with Crippen molar-refractivity contribution in [3.63, 3.8) is 0 Å². The number of rotatable bonds is 3. The van der Waals surface area contributed by atoms with Crippen LogP contribution in [0.25, 0.3) is 0 Å². The lowest BCUT2D eigenvalue weighted by Gasteiger charge is -2.37. The lowest BCUT2D eigenvalue weighted by molar-refractivity contribution is -0.0881. The highest BCUT2D eigenvalue weighted by molar-refractivity contribution is 5.14. The average molecular weight is 231 g/mol. The molecule has 0 bridgehead atoms. The molecule has 0 aromatic heterocycles. The first-order valence-corrected chi connectivity index (χ1v) is 6.73. The number of benzene rings is 1. The first-order valence-electron chi connectivity index (χ1n) is 6.73. The molecule has 1 aromatic rings. The van der Waals surface area contributed by atoms with E-state index in [-0.39, 0.29) is 0 Å². The van der Waals surface area contributed by atoms with Gasteiger partial charge in [-0.2, -0.15) is 0 Å². The summed E-state index contributed by atoms with van der Waals surface area (Å²) in [7, 11) is 0. The zero-order chi connectivity index (χ0) is 11.7. The Bertz CT molecular complexity index is 360. The molecule has 1 aromatic carbocycles. The summed E-state index contributed by atoms with van der Waals surface area (Å²) in [5.74, 6) is 0.844. The Morgan fingerprint density at radius 1 is 1.18 bits per heavy atom. The minimum Gasteiger partial charge on any atom is -0.372 e. The minimum absolute atomic E-state index is 0.387. The van der Waals surface area contributed by atoms with E-state index < -0.39 is 0 Å². The van der Waals surface area contributed by atoms with Crippen LogP contribution in [0.3, 0.4) is 0 Å². The second kappa shape index (κ2) is 4.79. The Morgan fingerprint density at radius 2 is 1.94 bits per heavy atom. The van der Waals surface area contributed by atoms with Crippen LogP contribution in [0.4, 0.5) is 0 Å². The van der Waals surface area contributed by atoms with Crippen molar-refractivity contribution < 1.29 is 4.74 Å². The minimum atomic E-state index is 0.387. The summed E-state index contributed by atoms with van der Waals surface area (Å²) in [6.45, 7) is 5.45. The molecule has 1 saturated carbocycles. The van der Waals surface area contributed by atoms with Crippen molar-refractivity contribution in [3.8, 4) is 0 Å². The monoisotopic (exact) mass is 231 g/mol. The van der Waals surface area contributed by atoms with Crippen molar-refractivity contribution in [1.29, 1.82) is 0 Å². The van der Waals surface area contributed by atoms with Gasteiger partial charge in [-0.15, -0.1) is 0 Å². The van der Waals surface area contributed by atoms with E-state index >= 15 is 0 Å². The molecular formula is C15H21NO. The SMILES string of the molecule is CC1CN(Cc2ccccc2)CC(C2CC2)O1. The Kier molecular flexibility index (Phi) is 3.17. The summed E-state index contributed by atoms with van der Waals surface area (Å²) in [6, 6.07) is 10.8. The molecule has 1 heterocycles. The Balaban J connectivity index is 1.62. The van der Waals surface area contributed by atoms with Crippen LogP contribution in [0.1, 0.15) is 25.3 Å². The fourth-order valence-electron chi connectivity index (χ4n) is 2.78. The van der Waals surface area contributed by atoms with Crippen LogP contribution >= 0.6 is 0 Å². The van der Waals surface area contributed by atoms with Crippen molar-refractivity contribution in [3.05, 3.63) is 35.9 Å². The number of hydrogen-bond donors (Lipinski definition) is 0. The molecule has 92 valence electrons. The third-order valence-corrected chi connectivity index (χ3v) is 3.76. The van der Waals surface area contributed by atoms with E-state index in [2.05, 4.69) is 42.2 Å². The van der Waals surface area contributed by atoms with Crippen LogP contribution in [0, 0.1) is 5.92 Å². The van der Waals surface area contributed by atoms with Gasteiger partial charge in [0.25, 0.3) is 0 Å². The molecule has 3 rings (SSSR count). The lowest BCUT2D eigenvalue weighted by atomic mass is 10.1. The molecule has 0 N–H and O–H groups in total. The quantitative estimate of drug-likeness (QED) is 0.793. The predicted molar refractivity (Wildman–Crippen MR) is 68.8 cm³/mol. The molecule has 2 atom stereocenters. The third-order valence-electron chi connectivity index (χ3n) is 3.76. The Hall–Kier alpha value is -0.860. The van der Waals surface area contributed by atoms with Gasteiger partial charge in [-0.3, -0.25) is 4.90 Å². The average Bonchev–Trinajstić information content (AvgIpc) is 3.13. The highest BCUT2D eigenvalue weighted by atomic mass is 16.5. The van der Waals surface area contributed by atoms with Crippen LogP contribution < -0.4 is 0 Å². The topological polar surface area (TPSA) is 12.5 Å². The smallest absolute Gasteiger partial charge is 0.0734 e. The zero-order valence-electron chi connectivity index (χ0n) is 10.5. The van der Waals surface area contributed by atoms with E-state index in [0.717, 1.165) is 25.6 Å². The molecule has 0 radical (unpaired) electrons. The molecule has 0 spiro atoms. The number of nitrogens with zero attached hydrogens (tertiary/aromatic N) is 1. The standard InChI is InChI=1S/C15H21NO/c1-12-9-16(10-13-5-3-2-4-6-13)11-15(17-12)14-7-8-14/h2-6,12,14-15H,7-11H2,1H3. The summed E-state index contributed by atoms with van der Waals surface area (Å²) >= 11 is 0. The van der Waals surface area contributed by atoms with Crippen LogP contribution in [0.15, 0.2) is 30.3 Å². The van der Waals surface area contributed by atoms with E-state index in [9.17, 15) is 0 Å². The number of hydrogen-bond acceptors (Lipinski definition) is 2. The normalized spacial score (nSPS) is 30.4. The molecule has 17 heavy (non-hydrogen) atoms. The summed E-state index contributed by atoms with van der Waals surface area (Å²) in [5, 5.41) is 0. The third kappa shape index (κ3) is 2.88. The highest BCUT2D eigenvalue weighted by Crippen LogP contribution is 2.36. The second-order valence-corrected chi connectivity index (χ2v) is 5.50. The van der Waals surface area contributed by atoms with Gasteiger partial charge >= 0.3 is 0 Å². The summed E-state index contributed by atoms with van der Waals surface area (Å²) < 4.78 is 6.04. The molecular weight excluding hydrogens is 210 g/mol. The van der Waals surface area contributed by atoms with Crippen LogP contribution in [0.2, 0.25) is 0 Å². The number of ether oxygens (including phenoxy) is 1. The molecule has 2 fully saturated rings. The first kappa shape index (κ1) is 11.2. The molecule has 2 nitrogen and oxygen atoms in total. The molecule has 2 unspecified atom stereocenters. The maximum absolute atomic E-state index is 6.04. The highest BCUT2D eigenvalue weighted by Gasteiger charge is 2.37. The molecule has 1 aliphatic heterocycles. The van der Waals surface area contributed by atoms with E-state index in [0.29, 0.717) is 12.2 Å². The second-order valence-electron chi connectivity index (χ2n) is 5.50. The fourth-order valence-corrected chi connectivity index (χ4v) is 2.78. The van der Waals surface area contributed by atoms with Crippen molar-refractivity contribution in [2.24, 2.45) is 5.92 Å². The maximum atomic E-state index is 6.04. The predicted octanol–water partition coefficient (Wildman–Crippen LogP) is 2.69. The Labute approximate surface area is 104 Å². The largest absolute Gasteiger partial charge is 0.372 e. The van der Waals surface area contributed by atoms with Gasteiger partial charge in [0.05, 0.1) is 12.2 Å². The van der Waals surface area contributed by atoms with E-state index in [4.69, 9.17) is 4.74 Å². The molecule has 1 aliphatic carbocycles. The van der Waals surface area contributed by atoms with Crippen molar-refractivity contribution in [2.45, 2.75) is 38.5 Å². The van der Waals surface area contributed by atoms with Crippen molar-refractivity contribution in [2.75, 3.05) is 13.1 Å². The summed E-state index contributed by atoms with van der Waals surface area (Å²) in [4.78, 5) is 2.55. The van der Waals surface area contributed by atoms with E-state index in [1.54, 1.807) is 0 Å². The Morgan fingerprint density at radius 3 is 2.65 bits per heavy atom. The van der Waals surface area contributed by atoms with Gasteiger partial charge in [0.15, 0.2) is 0 Å². The van der Waals surface area contributed by atoms with Crippen LogP contribution in [-0.4, -0.2) is 30.2 Å². The zero-order valence-corrected chi connectivity index (χ0v) is 10.5. The van der Waals surface area contributed by atoms with Gasteiger partial charge in [0.2, 0.25) is 0 Å². The van der Waals surface area contributed by atoms with Gasteiger partial charge in [0, 0.05) is 19.6 Å². The summed E-state index contributed by atoms with van der Waals surface area (Å²) in [6.07, 6.45) is 3.62.